The van der Waals surface area contributed by atoms with Gasteiger partial charge >= 0.3 is 0 Å². The molecule has 0 aliphatic carbocycles. The van der Waals surface area contributed by atoms with Crippen molar-refractivity contribution in [2.45, 2.75) is 555 Å². The molecule has 0 aromatic rings. The molecule has 0 spiro atoms. The van der Waals surface area contributed by atoms with E-state index in [9.17, 15) is 61.0 Å². The zero-order valence-corrected chi connectivity index (χ0v) is 73.8. The molecule has 3 rings (SSSR count). The molecule has 19 heteroatoms. The molecule has 1 amide bonds. The lowest BCUT2D eigenvalue weighted by Crippen LogP contribution is -2.66. The summed E-state index contributed by atoms with van der Waals surface area (Å²) in [7, 11) is 0. The molecule has 3 fully saturated rings. The Bertz CT molecular complexity index is 2160. The first-order valence-corrected chi connectivity index (χ1v) is 49.1. The number of aliphatic hydroxyl groups is 11. The Labute approximate surface area is 702 Å². The van der Waals surface area contributed by atoms with E-state index in [1.165, 1.54) is 379 Å². The van der Waals surface area contributed by atoms with E-state index in [0.29, 0.717) is 6.42 Å². The smallest absolute Gasteiger partial charge is 0.220 e. The molecule has 3 saturated heterocycles. The van der Waals surface area contributed by atoms with Crippen LogP contribution in [0, 0.1) is 0 Å². The number of unbranched alkanes of at least 4 members (excludes halogenated alkanes) is 64. The molecular formula is C96H183NO18. The van der Waals surface area contributed by atoms with Crippen LogP contribution in [-0.2, 0) is 33.2 Å². The second-order valence-corrected chi connectivity index (χ2v) is 35.2. The highest BCUT2D eigenvalue weighted by atomic mass is 16.8. The second-order valence-electron chi connectivity index (χ2n) is 35.2. The molecule has 3 aliphatic heterocycles. The van der Waals surface area contributed by atoms with Crippen LogP contribution in [0.3, 0.4) is 0 Å². The molecule has 12 N–H and O–H groups in total. The van der Waals surface area contributed by atoms with Crippen LogP contribution < -0.4 is 5.32 Å². The van der Waals surface area contributed by atoms with Crippen molar-refractivity contribution in [1.29, 1.82) is 0 Å². The average molecular weight is 1640 g/mol. The third-order valence-electron chi connectivity index (χ3n) is 24.7. The van der Waals surface area contributed by atoms with E-state index in [1.54, 1.807) is 6.08 Å². The maximum absolute atomic E-state index is 13.5. The van der Waals surface area contributed by atoms with E-state index in [1.807, 2.05) is 6.08 Å². The molecule has 3 aliphatic rings. The number of ether oxygens (including phenoxy) is 6. The SMILES string of the molecule is CCCCCCCCCC/C=C\CCCCCCCCCCCCCCCCCCCCCCCCCCCC(=O)NC(COC1OC(CO)C(OC2OC(CO)C(OC3OC(CO)C(O)C(O)C3O)C(O)C2O)C(O)C1O)C(O)/C=C/CCCCCCCCCCCCCCCCCCCCCCCCCCCCCCCCC. The second kappa shape index (κ2) is 76.0. The normalized spacial score (nSPS) is 24.6. The number of rotatable bonds is 82. The van der Waals surface area contributed by atoms with Crippen molar-refractivity contribution in [3.05, 3.63) is 24.3 Å². The number of hydrogen-bond acceptors (Lipinski definition) is 18. The van der Waals surface area contributed by atoms with Gasteiger partial charge in [0, 0.05) is 6.42 Å². The Kier molecular flexibility index (Phi) is 71.0. The third-order valence-corrected chi connectivity index (χ3v) is 24.7. The summed E-state index contributed by atoms with van der Waals surface area (Å²) in [6, 6.07) is -0.973. The number of carbonyl (C=O) groups is 1. The highest BCUT2D eigenvalue weighted by molar-refractivity contribution is 5.76. The Hall–Kier alpha value is -1.73. The average Bonchev–Trinajstić information content (AvgIpc) is 0.779. The van der Waals surface area contributed by atoms with Crippen LogP contribution in [-0.4, -0.2) is 193 Å². The van der Waals surface area contributed by atoms with Gasteiger partial charge in [-0.1, -0.05) is 423 Å². The summed E-state index contributed by atoms with van der Waals surface area (Å²) in [5.41, 5.74) is 0. The van der Waals surface area contributed by atoms with Crippen molar-refractivity contribution in [2.75, 3.05) is 26.4 Å². The topological polar surface area (TPSA) is 307 Å². The molecule has 0 aromatic heterocycles. The van der Waals surface area contributed by atoms with Crippen molar-refractivity contribution in [3.63, 3.8) is 0 Å². The van der Waals surface area contributed by atoms with Gasteiger partial charge in [0.15, 0.2) is 18.9 Å². The molecule has 0 aromatic carbocycles. The first-order chi connectivity index (χ1) is 56.3. The number of nitrogens with one attached hydrogen (secondary N) is 1. The van der Waals surface area contributed by atoms with Crippen LogP contribution >= 0.6 is 0 Å². The zero-order valence-electron chi connectivity index (χ0n) is 73.8. The van der Waals surface area contributed by atoms with Gasteiger partial charge in [-0.15, -0.1) is 0 Å². The van der Waals surface area contributed by atoms with Gasteiger partial charge < -0.3 is 89.9 Å². The zero-order chi connectivity index (χ0) is 83.1. The first kappa shape index (κ1) is 107. The van der Waals surface area contributed by atoms with E-state index in [0.717, 1.165) is 44.9 Å². The third kappa shape index (κ3) is 53.8. The minimum absolute atomic E-state index is 0.249. The molecule has 0 radical (unpaired) electrons. The predicted molar refractivity (Wildman–Crippen MR) is 467 cm³/mol. The predicted octanol–water partition coefficient (Wildman–Crippen LogP) is 20.0. The van der Waals surface area contributed by atoms with Crippen molar-refractivity contribution < 1.29 is 89.4 Å². The molecule has 17 unspecified atom stereocenters. The number of amides is 1. The van der Waals surface area contributed by atoms with Crippen LogP contribution in [0.4, 0.5) is 0 Å². The van der Waals surface area contributed by atoms with E-state index < -0.39 is 124 Å². The molecule has 680 valence electrons. The van der Waals surface area contributed by atoms with E-state index >= 15 is 0 Å². The number of aliphatic hydroxyl groups excluding tert-OH is 11. The molecular weight excluding hydrogens is 1460 g/mol. The van der Waals surface area contributed by atoms with Gasteiger partial charge in [-0.25, -0.2) is 0 Å². The lowest BCUT2D eigenvalue weighted by Gasteiger charge is -2.48. The minimum atomic E-state index is -1.98. The summed E-state index contributed by atoms with van der Waals surface area (Å²) in [6.07, 6.45) is 70.8. The summed E-state index contributed by atoms with van der Waals surface area (Å²) < 4.78 is 34.6. The van der Waals surface area contributed by atoms with Crippen LogP contribution in [0.25, 0.3) is 0 Å². The quantitative estimate of drug-likeness (QED) is 0.0199. The molecule has 0 saturated carbocycles. The molecule has 0 bridgehead atoms. The maximum atomic E-state index is 13.5. The van der Waals surface area contributed by atoms with Crippen LogP contribution in [0.1, 0.15) is 450 Å². The van der Waals surface area contributed by atoms with Gasteiger partial charge in [-0.2, -0.15) is 0 Å². The van der Waals surface area contributed by atoms with Crippen molar-refractivity contribution in [1.82, 2.24) is 5.32 Å². The molecule has 17 atom stereocenters. The highest BCUT2D eigenvalue weighted by Crippen LogP contribution is 2.34. The Balaban J connectivity index is 1.29. The Morgan fingerprint density at radius 3 is 0.843 bits per heavy atom. The maximum Gasteiger partial charge on any atom is 0.220 e. The van der Waals surface area contributed by atoms with Gasteiger partial charge in [0.05, 0.1) is 38.6 Å². The van der Waals surface area contributed by atoms with Gasteiger partial charge in [-0.3, -0.25) is 4.79 Å². The van der Waals surface area contributed by atoms with Crippen molar-refractivity contribution >= 4 is 5.91 Å². The van der Waals surface area contributed by atoms with Crippen LogP contribution in [0.5, 0.6) is 0 Å². The largest absolute Gasteiger partial charge is 0.394 e. The number of hydrogen-bond donors (Lipinski definition) is 12. The fraction of sp³-hybridized carbons (Fsp3) is 0.948. The van der Waals surface area contributed by atoms with Crippen LogP contribution in [0.2, 0.25) is 0 Å². The first-order valence-electron chi connectivity index (χ1n) is 49.1. The van der Waals surface area contributed by atoms with Gasteiger partial charge in [0.2, 0.25) is 5.91 Å². The molecule has 3 heterocycles. The number of allylic oxidation sites excluding steroid dienone is 3. The molecule has 19 nitrogen and oxygen atoms in total. The molecule has 115 heavy (non-hydrogen) atoms. The summed E-state index contributed by atoms with van der Waals surface area (Å²) >= 11 is 0. The van der Waals surface area contributed by atoms with Crippen molar-refractivity contribution in [3.8, 4) is 0 Å². The van der Waals surface area contributed by atoms with Gasteiger partial charge in [0.25, 0.3) is 0 Å². The lowest BCUT2D eigenvalue weighted by atomic mass is 9.96. The lowest BCUT2D eigenvalue weighted by molar-refractivity contribution is -0.379. The highest BCUT2D eigenvalue weighted by Gasteiger charge is 2.54. The fourth-order valence-corrected chi connectivity index (χ4v) is 17.0. The summed E-state index contributed by atoms with van der Waals surface area (Å²) in [5.74, 6) is -0.264. The monoisotopic (exact) mass is 1640 g/mol. The Morgan fingerprint density at radius 1 is 0.304 bits per heavy atom. The summed E-state index contributed by atoms with van der Waals surface area (Å²) in [4.78, 5) is 13.5. The summed E-state index contributed by atoms with van der Waals surface area (Å²) in [5, 5.41) is 121. The Morgan fingerprint density at radius 2 is 0.548 bits per heavy atom. The fourth-order valence-electron chi connectivity index (χ4n) is 17.0. The minimum Gasteiger partial charge on any atom is -0.394 e. The van der Waals surface area contributed by atoms with Crippen molar-refractivity contribution in [2.24, 2.45) is 0 Å². The van der Waals surface area contributed by atoms with Gasteiger partial charge in [-0.05, 0) is 44.9 Å². The number of carbonyl (C=O) groups excluding carboxylic acids is 1. The standard InChI is InChI=1S/C96H183NO18/c1-3-5-7-9-11-13-15-17-19-21-23-25-27-29-31-33-35-37-38-39-40-42-44-46-48-50-52-54-56-58-60-62-64-66-68-70-72-74-84(102)97-79(80(101)73-71-69-67-65-63-61-59-57-55-53-51-49-47-45-43-41-36-34-32-30-28-26-24-22-20-18-16-14-12-10-8-6-4-2)78-110-94-90(108)87(105)92(82(76-99)112-94)115-96-91(109)88(106)93(83(77-100)113-96)114-95-89(107)86(104)85(103)81(75-98)111-95/h21,23,71,73,79-83,85-96,98-101,103-109H,3-20,22,24-70,72,74-78H2,1-2H3,(H,97,102)/b23-21-,73-71+. The van der Waals surface area contributed by atoms with E-state index in [-0.39, 0.29) is 18.9 Å². The van der Waals surface area contributed by atoms with Gasteiger partial charge in [0.1, 0.15) is 73.2 Å². The van der Waals surface area contributed by atoms with E-state index in [2.05, 4.69) is 31.3 Å². The van der Waals surface area contributed by atoms with E-state index in [4.69, 9.17) is 28.4 Å². The summed E-state index contributed by atoms with van der Waals surface area (Å²) in [6.45, 7) is 1.82. The van der Waals surface area contributed by atoms with Crippen LogP contribution in [0.15, 0.2) is 24.3 Å².